The molecule has 0 saturated carbocycles. The number of nitrogens with zero attached hydrogens (tertiary/aromatic N) is 3. The number of ketones is 1. The van der Waals surface area contributed by atoms with Crippen LogP contribution in [0.5, 0.6) is 0 Å². The molecule has 182 valence electrons. The van der Waals surface area contributed by atoms with Gasteiger partial charge in [-0.2, -0.15) is 0 Å². The first-order chi connectivity index (χ1) is 17.3. The molecule has 2 aromatic carbocycles. The Morgan fingerprint density at radius 2 is 1.92 bits per heavy atom. The summed E-state index contributed by atoms with van der Waals surface area (Å²) in [5, 5.41) is 22.4. The summed E-state index contributed by atoms with van der Waals surface area (Å²) in [6, 6.07) is 15.1. The van der Waals surface area contributed by atoms with Gasteiger partial charge in [0.05, 0.1) is 16.5 Å². The molecule has 0 saturated heterocycles. The fraction of sp³-hybridized carbons (Fsp3) is 0.0833. The zero-order valence-corrected chi connectivity index (χ0v) is 23.6. The third-order valence-corrected chi connectivity index (χ3v) is 9.44. The molecule has 1 atom stereocenters. The number of halogens is 3. The maximum Gasteiger partial charge on any atom is 0.296 e. The predicted octanol–water partition coefficient (Wildman–Crippen LogP) is 7.74. The minimum absolute atomic E-state index is 0.0159. The van der Waals surface area contributed by atoms with Gasteiger partial charge < -0.3 is 5.11 Å². The number of aromatic nitrogens is 2. The van der Waals surface area contributed by atoms with Crippen LogP contribution in [0.25, 0.3) is 0 Å². The van der Waals surface area contributed by atoms with Crippen LogP contribution in [0.1, 0.15) is 26.8 Å². The van der Waals surface area contributed by atoms with Crippen LogP contribution < -0.4 is 4.90 Å². The number of benzene rings is 2. The Morgan fingerprint density at radius 1 is 1.14 bits per heavy atom. The quantitative estimate of drug-likeness (QED) is 0.127. The maximum atomic E-state index is 13.4. The van der Waals surface area contributed by atoms with Crippen molar-refractivity contribution in [1.29, 1.82) is 0 Å². The first kappa shape index (κ1) is 25.4. The Morgan fingerprint density at radius 3 is 2.61 bits per heavy atom. The van der Waals surface area contributed by atoms with Crippen molar-refractivity contribution in [1.82, 2.24) is 10.2 Å². The minimum atomic E-state index is -0.850. The zero-order valence-electron chi connectivity index (χ0n) is 18.0. The summed E-state index contributed by atoms with van der Waals surface area (Å²) in [6.07, 6.45) is 0. The second-order valence-electron chi connectivity index (χ2n) is 7.57. The lowest BCUT2D eigenvalue weighted by Gasteiger charge is -2.24. The number of thioether (sulfide) groups is 1. The lowest BCUT2D eigenvalue weighted by atomic mass is 9.96. The topological polar surface area (TPSA) is 83.4 Å². The van der Waals surface area contributed by atoms with Gasteiger partial charge in [0, 0.05) is 20.3 Å². The van der Waals surface area contributed by atoms with Crippen LogP contribution in [-0.4, -0.2) is 27.0 Å². The molecule has 12 heteroatoms. The Kier molecular flexibility index (Phi) is 7.52. The fourth-order valence-electron chi connectivity index (χ4n) is 3.67. The van der Waals surface area contributed by atoms with Crippen molar-refractivity contribution in [2.24, 2.45) is 0 Å². The lowest BCUT2D eigenvalue weighted by molar-refractivity contribution is -0.117. The molecule has 3 heterocycles. The molecule has 1 aliphatic rings. The smallest absolute Gasteiger partial charge is 0.296 e. The number of amides is 1. The second-order valence-corrected chi connectivity index (χ2v) is 12.5. The highest BCUT2D eigenvalue weighted by Gasteiger charge is 2.46. The van der Waals surface area contributed by atoms with Crippen molar-refractivity contribution in [2.75, 3.05) is 4.90 Å². The number of Topliss-reactive ketones (excluding diaryl/α,β-unsaturated/α-hetero) is 1. The van der Waals surface area contributed by atoms with Crippen LogP contribution in [0, 0.1) is 0 Å². The van der Waals surface area contributed by atoms with Crippen molar-refractivity contribution in [3.05, 3.63) is 102 Å². The van der Waals surface area contributed by atoms with Gasteiger partial charge in [0.25, 0.3) is 5.91 Å². The van der Waals surface area contributed by atoms with Crippen LogP contribution in [0.15, 0.2) is 80.1 Å². The highest BCUT2D eigenvalue weighted by Crippen LogP contribution is 2.44. The summed E-state index contributed by atoms with van der Waals surface area (Å²) >= 11 is 19.5. The molecule has 6 nitrogen and oxygen atoms in total. The number of aliphatic hydroxyl groups is 1. The molecule has 0 fully saturated rings. The Labute approximate surface area is 236 Å². The van der Waals surface area contributed by atoms with Crippen molar-refractivity contribution < 1.29 is 14.7 Å². The van der Waals surface area contributed by atoms with Gasteiger partial charge in [0.1, 0.15) is 0 Å². The van der Waals surface area contributed by atoms with Gasteiger partial charge in [0.2, 0.25) is 10.9 Å². The number of hydrogen-bond acceptors (Lipinski definition) is 8. The first-order valence-corrected chi connectivity index (χ1v) is 14.6. The SMILES string of the molecule is O=C(C1=C(O)C(=O)N(c2nnc(SCc3ccc(Cl)cc3Cl)s2)C1c1ccc(Br)cc1)c1cccs1. The average Bonchev–Trinajstić information content (AvgIpc) is 3.60. The van der Waals surface area contributed by atoms with E-state index in [1.54, 1.807) is 41.8 Å². The second kappa shape index (κ2) is 10.6. The Hall–Kier alpha value is -2.21. The molecule has 36 heavy (non-hydrogen) atoms. The molecule has 4 aromatic rings. The summed E-state index contributed by atoms with van der Waals surface area (Å²) in [5.74, 6) is -1.15. The molecule has 1 unspecified atom stereocenters. The van der Waals surface area contributed by atoms with Gasteiger partial charge in [-0.05, 0) is 46.8 Å². The van der Waals surface area contributed by atoms with Gasteiger partial charge in [-0.15, -0.1) is 21.5 Å². The highest BCUT2D eigenvalue weighted by molar-refractivity contribution is 9.10. The van der Waals surface area contributed by atoms with Crippen molar-refractivity contribution in [3.8, 4) is 0 Å². The van der Waals surface area contributed by atoms with Crippen LogP contribution in [0.3, 0.4) is 0 Å². The monoisotopic (exact) mass is 637 g/mol. The number of rotatable bonds is 7. The van der Waals surface area contributed by atoms with E-state index in [2.05, 4.69) is 26.1 Å². The number of carbonyl (C=O) groups excluding carboxylic acids is 2. The lowest BCUT2D eigenvalue weighted by Crippen LogP contribution is -2.31. The van der Waals surface area contributed by atoms with E-state index in [1.807, 2.05) is 18.2 Å². The van der Waals surface area contributed by atoms with Crippen molar-refractivity contribution in [2.45, 2.75) is 16.1 Å². The van der Waals surface area contributed by atoms with E-state index >= 15 is 0 Å². The number of anilines is 1. The molecule has 5 rings (SSSR count). The van der Waals surface area contributed by atoms with E-state index in [9.17, 15) is 14.7 Å². The zero-order chi connectivity index (χ0) is 25.4. The number of thiophene rings is 1. The van der Waals surface area contributed by atoms with Crippen molar-refractivity contribution >= 4 is 90.4 Å². The Bertz CT molecular complexity index is 1490. The van der Waals surface area contributed by atoms with Gasteiger partial charge >= 0.3 is 0 Å². The molecule has 1 aliphatic heterocycles. The van der Waals surface area contributed by atoms with E-state index < -0.39 is 23.5 Å². The van der Waals surface area contributed by atoms with Gasteiger partial charge in [-0.3, -0.25) is 14.5 Å². The molecule has 1 N–H and O–H groups in total. The number of hydrogen-bond donors (Lipinski definition) is 1. The third-order valence-electron chi connectivity index (χ3n) is 5.35. The summed E-state index contributed by atoms with van der Waals surface area (Å²) < 4.78 is 1.45. The molecule has 2 aromatic heterocycles. The summed E-state index contributed by atoms with van der Waals surface area (Å²) in [7, 11) is 0. The first-order valence-electron chi connectivity index (χ1n) is 10.3. The predicted molar refractivity (Wildman–Crippen MR) is 149 cm³/mol. The highest BCUT2D eigenvalue weighted by atomic mass is 79.9. The minimum Gasteiger partial charge on any atom is -0.503 e. The van der Waals surface area contributed by atoms with E-state index in [-0.39, 0.29) is 10.7 Å². The van der Waals surface area contributed by atoms with E-state index in [4.69, 9.17) is 23.2 Å². The van der Waals surface area contributed by atoms with Gasteiger partial charge in [-0.1, -0.05) is 86.5 Å². The summed E-state index contributed by atoms with van der Waals surface area (Å²) in [5.41, 5.74) is 1.56. The fourth-order valence-corrected chi connectivity index (χ4v) is 7.04. The number of aliphatic hydroxyl groups excluding tert-OH is 1. The Balaban J connectivity index is 1.48. The average molecular weight is 639 g/mol. The van der Waals surface area contributed by atoms with Gasteiger partial charge in [-0.25, -0.2) is 0 Å². The summed E-state index contributed by atoms with van der Waals surface area (Å²) in [4.78, 5) is 28.4. The largest absolute Gasteiger partial charge is 0.503 e. The van der Waals surface area contributed by atoms with E-state index in [1.165, 1.54) is 39.3 Å². The molecular weight excluding hydrogens is 625 g/mol. The molecule has 0 radical (unpaired) electrons. The number of carbonyl (C=O) groups is 2. The van der Waals surface area contributed by atoms with Crippen LogP contribution in [0.4, 0.5) is 5.13 Å². The van der Waals surface area contributed by atoms with E-state index in [0.717, 1.165) is 10.0 Å². The normalized spacial score (nSPS) is 15.7. The molecule has 1 amide bonds. The maximum absolute atomic E-state index is 13.4. The summed E-state index contributed by atoms with van der Waals surface area (Å²) in [6.45, 7) is 0. The molecule has 0 bridgehead atoms. The van der Waals surface area contributed by atoms with Gasteiger partial charge in [0.15, 0.2) is 10.1 Å². The molecule has 0 aliphatic carbocycles. The van der Waals surface area contributed by atoms with Crippen molar-refractivity contribution in [3.63, 3.8) is 0 Å². The third kappa shape index (κ3) is 4.98. The van der Waals surface area contributed by atoms with Crippen LogP contribution in [0.2, 0.25) is 10.0 Å². The van der Waals surface area contributed by atoms with Crippen LogP contribution >= 0.6 is 73.6 Å². The van der Waals surface area contributed by atoms with E-state index in [0.29, 0.717) is 30.6 Å². The molecule has 0 spiro atoms. The van der Waals surface area contributed by atoms with Crippen LogP contribution in [-0.2, 0) is 10.5 Å². The standard InChI is InChI=1S/C24H14BrCl2N3O3S3/c25-14-6-3-12(4-7-14)19-18(20(31)17-2-1-9-34-17)21(32)22(33)30(19)23-28-29-24(36-23)35-11-13-5-8-15(26)10-16(13)27/h1-10,19,32H,11H2. The molecular formula is C24H14BrCl2N3O3S3.